The minimum Gasteiger partial charge on any atom is -0.342 e. The van der Waals surface area contributed by atoms with E-state index in [2.05, 4.69) is 10.6 Å². The van der Waals surface area contributed by atoms with Crippen LogP contribution in [0.4, 0.5) is 4.79 Å². The van der Waals surface area contributed by atoms with Crippen LogP contribution in [0.5, 0.6) is 0 Å². The molecule has 2 aliphatic rings. The molecule has 1 spiro atoms. The molecule has 2 aliphatic heterocycles. The van der Waals surface area contributed by atoms with E-state index in [1.54, 1.807) is 4.90 Å². The van der Waals surface area contributed by atoms with Gasteiger partial charge in [0.25, 0.3) is 5.91 Å². The van der Waals surface area contributed by atoms with Crippen molar-refractivity contribution in [1.29, 1.82) is 0 Å². The molecule has 0 aromatic rings. The molecule has 7 nitrogen and oxygen atoms in total. The van der Waals surface area contributed by atoms with Crippen LogP contribution in [0.15, 0.2) is 0 Å². The van der Waals surface area contributed by atoms with E-state index in [4.69, 9.17) is 5.73 Å². The number of nitrogens with two attached hydrogens (primary N) is 1. The summed E-state index contributed by atoms with van der Waals surface area (Å²) in [5, 5.41) is 4.93. The summed E-state index contributed by atoms with van der Waals surface area (Å²) < 4.78 is 0. The number of hydrogen-bond acceptors (Lipinski definition) is 4. The van der Waals surface area contributed by atoms with Crippen molar-refractivity contribution in [3.63, 3.8) is 0 Å². The quantitative estimate of drug-likeness (QED) is 0.464. The SMILES string of the molecule is NCCCCC(=O)N1CCC2(CC1)NC(=O)NC2=O. The molecule has 106 valence electrons. The maximum Gasteiger partial charge on any atom is 0.322 e. The van der Waals surface area contributed by atoms with Crippen LogP contribution in [-0.4, -0.2) is 47.9 Å². The predicted molar refractivity (Wildman–Crippen MR) is 68.1 cm³/mol. The maximum atomic E-state index is 11.9. The van der Waals surface area contributed by atoms with Gasteiger partial charge in [0.2, 0.25) is 5.91 Å². The van der Waals surface area contributed by atoms with Crippen molar-refractivity contribution < 1.29 is 14.4 Å². The van der Waals surface area contributed by atoms with Gasteiger partial charge >= 0.3 is 6.03 Å². The zero-order chi connectivity index (χ0) is 13.9. The average molecular weight is 268 g/mol. The number of urea groups is 1. The molecule has 0 saturated carbocycles. The van der Waals surface area contributed by atoms with E-state index >= 15 is 0 Å². The Morgan fingerprint density at radius 1 is 1.26 bits per heavy atom. The number of carbonyl (C=O) groups is 3. The summed E-state index contributed by atoms with van der Waals surface area (Å²) >= 11 is 0. The van der Waals surface area contributed by atoms with Gasteiger partial charge in [0.1, 0.15) is 5.54 Å². The first-order valence-corrected chi connectivity index (χ1v) is 6.69. The minimum atomic E-state index is -0.800. The fraction of sp³-hybridized carbons (Fsp3) is 0.750. The molecule has 2 heterocycles. The number of nitrogens with one attached hydrogen (secondary N) is 2. The number of piperidine rings is 1. The molecule has 0 aromatic heterocycles. The van der Waals surface area contributed by atoms with Crippen LogP contribution < -0.4 is 16.4 Å². The zero-order valence-electron chi connectivity index (χ0n) is 10.9. The van der Waals surface area contributed by atoms with Crippen LogP contribution in [0.1, 0.15) is 32.1 Å². The van der Waals surface area contributed by atoms with Gasteiger partial charge in [-0.1, -0.05) is 0 Å². The lowest BCUT2D eigenvalue weighted by molar-refractivity contribution is -0.135. The summed E-state index contributed by atoms with van der Waals surface area (Å²) in [6.45, 7) is 1.62. The Hall–Kier alpha value is -1.63. The highest BCUT2D eigenvalue weighted by molar-refractivity contribution is 6.07. The number of likely N-dealkylation sites (tertiary alicyclic amines) is 1. The molecule has 0 unspecified atom stereocenters. The first-order valence-electron chi connectivity index (χ1n) is 6.69. The Morgan fingerprint density at radius 2 is 1.95 bits per heavy atom. The lowest BCUT2D eigenvalue weighted by atomic mass is 9.87. The van der Waals surface area contributed by atoms with E-state index in [0.717, 1.165) is 12.8 Å². The second kappa shape index (κ2) is 5.56. The second-order valence-corrected chi connectivity index (χ2v) is 5.12. The number of carbonyl (C=O) groups excluding carboxylic acids is 3. The van der Waals surface area contributed by atoms with Crippen LogP contribution in [0.2, 0.25) is 0 Å². The number of nitrogens with zero attached hydrogens (tertiary/aromatic N) is 1. The van der Waals surface area contributed by atoms with Crippen LogP contribution in [0, 0.1) is 0 Å². The smallest absolute Gasteiger partial charge is 0.322 e. The van der Waals surface area contributed by atoms with E-state index in [-0.39, 0.29) is 11.8 Å². The molecule has 7 heteroatoms. The molecule has 4 N–H and O–H groups in total. The Labute approximate surface area is 111 Å². The van der Waals surface area contributed by atoms with Gasteiger partial charge in [-0.25, -0.2) is 4.79 Å². The number of hydrogen-bond donors (Lipinski definition) is 3. The van der Waals surface area contributed by atoms with Crippen molar-refractivity contribution in [2.24, 2.45) is 5.73 Å². The van der Waals surface area contributed by atoms with Crippen LogP contribution in [0.3, 0.4) is 0 Å². The Bertz CT molecular complexity index is 388. The third-order valence-electron chi connectivity index (χ3n) is 3.83. The van der Waals surface area contributed by atoms with E-state index < -0.39 is 11.6 Å². The molecule has 0 aromatic carbocycles. The van der Waals surface area contributed by atoms with Crippen LogP contribution in [-0.2, 0) is 9.59 Å². The monoisotopic (exact) mass is 268 g/mol. The average Bonchev–Trinajstić information content (AvgIpc) is 2.65. The van der Waals surface area contributed by atoms with Crippen molar-refractivity contribution in [3.8, 4) is 0 Å². The number of amides is 4. The molecule has 0 radical (unpaired) electrons. The van der Waals surface area contributed by atoms with E-state index in [0.29, 0.717) is 38.9 Å². The largest absolute Gasteiger partial charge is 0.342 e. The number of unbranched alkanes of at least 4 members (excludes halogenated alkanes) is 1. The van der Waals surface area contributed by atoms with Gasteiger partial charge in [0.05, 0.1) is 0 Å². The molecular formula is C12H20N4O3. The van der Waals surface area contributed by atoms with Crippen molar-refractivity contribution in [3.05, 3.63) is 0 Å². The van der Waals surface area contributed by atoms with Gasteiger partial charge in [-0.05, 0) is 32.2 Å². The molecule has 2 saturated heterocycles. The fourth-order valence-corrected chi connectivity index (χ4v) is 2.60. The summed E-state index contributed by atoms with van der Waals surface area (Å²) in [6, 6.07) is -0.437. The first kappa shape index (κ1) is 13.8. The summed E-state index contributed by atoms with van der Waals surface area (Å²) in [4.78, 5) is 36.6. The van der Waals surface area contributed by atoms with E-state index in [1.807, 2.05) is 0 Å². The molecule has 0 bridgehead atoms. The molecule has 0 atom stereocenters. The zero-order valence-corrected chi connectivity index (χ0v) is 10.9. The molecule has 2 rings (SSSR count). The maximum absolute atomic E-state index is 11.9. The number of rotatable bonds is 4. The Kier molecular flexibility index (Phi) is 4.04. The fourth-order valence-electron chi connectivity index (χ4n) is 2.60. The minimum absolute atomic E-state index is 0.105. The topological polar surface area (TPSA) is 105 Å². The third-order valence-corrected chi connectivity index (χ3v) is 3.83. The summed E-state index contributed by atoms with van der Waals surface area (Å²) in [6.07, 6.45) is 3.11. The normalized spacial score (nSPS) is 21.4. The van der Waals surface area contributed by atoms with E-state index in [9.17, 15) is 14.4 Å². The Balaban J connectivity index is 1.84. The Morgan fingerprint density at radius 3 is 2.47 bits per heavy atom. The van der Waals surface area contributed by atoms with Crippen molar-refractivity contribution in [2.45, 2.75) is 37.6 Å². The first-order chi connectivity index (χ1) is 9.07. The highest BCUT2D eigenvalue weighted by Gasteiger charge is 2.48. The lowest BCUT2D eigenvalue weighted by Crippen LogP contribution is -2.55. The van der Waals surface area contributed by atoms with Gasteiger partial charge in [-0.15, -0.1) is 0 Å². The van der Waals surface area contributed by atoms with Gasteiger partial charge in [-0.3, -0.25) is 14.9 Å². The van der Waals surface area contributed by atoms with Crippen molar-refractivity contribution in [1.82, 2.24) is 15.5 Å². The summed E-state index contributed by atoms with van der Waals surface area (Å²) in [5.74, 6) is -0.166. The highest BCUT2D eigenvalue weighted by atomic mass is 16.2. The standard InChI is InChI=1S/C12H20N4O3/c13-6-2-1-3-9(17)16-7-4-12(5-8-16)10(18)14-11(19)15-12/h1-8,13H2,(H2,14,15,18,19). The van der Waals surface area contributed by atoms with Crippen molar-refractivity contribution >= 4 is 17.8 Å². The van der Waals surface area contributed by atoms with Crippen LogP contribution in [0.25, 0.3) is 0 Å². The van der Waals surface area contributed by atoms with E-state index in [1.165, 1.54) is 0 Å². The molecule has 19 heavy (non-hydrogen) atoms. The molecule has 2 fully saturated rings. The third kappa shape index (κ3) is 2.86. The van der Waals surface area contributed by atoms with Crippen molar-refractivity contribution in [2.75, 3.05) is 19.6 Å². The highest BCUT2D eigenvalue weighted by Crippen LogP contribution is 2.25. The van der Waals surface area contributed by atoms with Gasteiger partial charge in [0, 0.05) is 19.5 Å². The lowest BCUT2D eigenvalue weighted by Gasteiger charge is -2.37. The second-order valence-electron chi connectivity index (χ2n) is 5.12. The predicted octanol–water partition coefficient (Wildman–Crippen LogP) is -0.684. The summed E-state index contributed by atoms with van der Waals surface area (Å²) in [5.41, 5.74) is 4.59. The molecule has 4 amide bonds. The van der Waals surface area contributed by atoms with Gasteiger partial charge in [-0.2, -0.15) is 0 Å². The summed E-state index contributed by atoms with van der Waals surface area (Å²) in [7, 11) is 0. The van der Waals surface area contributed by atoms with Crippen LogP contribution >= 0.6 is 0 Å². The molecule has 0 aliphatic carbocycles. The molecular weight excluding hydrogens is 248 g/mol. The van der Waals surface area contributed by atoms with Gasteiger partial charge < -0.3 is 16.0 Å². The van der Waals surface area contributed by atoms with Gasteiger partial charge in [0.15, 0.2) is 0 Å². The number of imide groups is 1.